The molecule has 31 heavy (non-hydrogen) atoms. The molecule has 0 aromatic heterocycles. The molecule has 3 amide bonds. The molecular formula is C23H39N3O5. The quantitative estimate of drug-likeness (QED) is 0.377. The van der Waals surface area contributed by atoms with Gasteiger partial charge >= 0.3 is 0 Å². The molecule has 176 valence electrons. The molecule has 0 radical (unpaired) electrons. The number of rotatable bonds is 13. The van der Waals surface area contributed by atoms with Gasteiger partial charge in [-0.05, 0) is 38.5 Å². The summed E-state index contributed by atoms with van der Waals surface area (Å²) in [4.78, 5) is 41.4. The molecule has 5 atom stereocenters. The predicted molar refractivity (Wildman–Crippen MR) is 116 cm³/mol. The highest BCUT2D eigenvalue weighted by Crippen LogP contribution is 2.58. The van der Waals surface area contributed by atoms with E-state index < -0.39 is 23.5 Å². The second-order valence-electron chi connectivity index (χ2n) is 9.16. The number of aliphatic hydroxyl groups excluding tert-OH is 1. The minimum atomic E-state index is -0.892. The molecule has 0 aromatic carbocycles. The lowest BCUT2D eigenvalue weighted by molar-refractivity contribution is -0.142. The van der Waals surface area contributed by atoms with Crippen LogP contribution in [0.25, 0.3) is 0 Å². The van der Waals surface area contributed by atoms with E-state index in [0.717, 1.165) is 44.9 Å². The smallest absolute Gasteiger partial charge is 0.245 e. The van der Waals surface area contributed by atoms with E-state index in [2.05, 4.69) is 17.6 Å². The molecule has 2 bridgehead atoms. The lowest BCUT2D eigenvalue weighted by Gasteiger charge is -2.33. The van der Waals surface area contributed by atoms with Crippen molar-refractivity contribution in [2.75, 3.05) is 26.2 Å². The van der Waals surface area contributed by atoms with Gasteiger partial charge in [-0.1, -0.05) is 33.1 Å². The second kappa shape index (κ2) is 10.8. The third kappa shape index (κ3) is 4.60. The van der Waals surface area contributed by atoms with E-state index in [-0.39, 0.29) is 30.4 Å². The van der Waals surface area contributed by atoms with Crippen LogP contribution in [-0.4, -0.2) is 71.7 Å². The highest BCUT2D eigenvalue weighted by molar-refractivity contribution is 5.98. The number of nitrogens with one attached hydrogen (secondary N) is 2. The number of hydrogen-bond donors (Lipinski definition) is 3. The van der Waals surface area contributed by atoms with E-state index in [0.29, 0.717) is 32.5 Å². The van der Waals surface area contributed by atoms with Gasteiger partial charge in [0.1, 0.15) is 11.6 Å². The van der Waals surface area contributed by atoms with Gasteiger partial charge in [0, 0.05) is 26.2 Å². The Morgan fingerprint density at radius 1 is 1.06 bits per heavy atom. The first-order valence-electron chi connectivity index (χ1n) is 12.2. The highest BCUT2D eigenvalue weighted by atomic mass is 16.5. The van der Waals surface area contributed by atoms with Crippen LogP contribution in [0.4, 0.5) is 0 Å². The van der Waals surface area contributed by atoms with Crippen molar-refractivity contribution >= 4 is 17.7 Å². The number of carbonyl (C=O) groups is 3. The van der Waals surface area contributed by atoms with Crippen molar-refractivity contribution in [3.63, 3.8) is 0 Å². The molecule has 8 nitrogen and oxygen atoms in total. The van der Waals surface area contributed by atoms with Gasteiger partial charge < -0.3 is 25.4 Å². The Balaban J connectivity index is 1.80. The summed E-state index contributed by atoms with van der Waals surface area (Å²) in [6.07, 6.45) is 7.03. The maximum Gasteiger partial charge on any atom is 0.245 e. The first-order valence-corrected chi connectivity index (χ1v) is 12.2. The molecule has 0 saturated carbocycles. The van der Waals surface area contributed by atoms with Crippen LogP contribution < -0.4 is 10.6 Å². The Morgan fingerprint density at radius 2 is 1.81 bits per heavy atom. The van der Waals surface area contributed by atoms with Gasteiger partial charge in [0.25, 0.3) is 0 Å². The van der Waals surface area contributed by atoms with E-state index in [1.165, 1.54) is 0 Å². The van der Waals surface area contributed by atoms with Crippen molar-refractivity contribution < 1.29 is 24.2 Å². The van der Waals surface area contributed by atoms with Crippen molar-refractivity contribution in [1.82, 2.24) is 15.5 Å². The summed E-state index contributed by atoms with van der Waals surface area (Å²) in [7, 11) is 0. The molecule has 0 aliphatic carbocycles. The van der Waals surface area contributed by atoms with Crippen molar-refractivity contribution in [3.05, 3.63) is 0 Å². The van der Waals surface area contributed by atoms with Crippen molar-refractivity contribution in [3.8, 4) is 0 Å². The van der Waals surface area contributed by atoms with Crippen LogP contribution in [0, 0.1) is 11.8 Å². The van der Waals surface area contributed by atoms with Crippen LogP contribution in [0.1, 0.15) is 71.6 Å². The van der Waals surface area contributed by atoms with E-state index in [1.807, 2.05) is 6.92 Å². The van der Waals surface area contributed by atoms with Crippen LogP contribution in [0.2, 0.25) is 0 Å². The fourth-order valence-electron chi connectivity index (χ4n) is 5.59. The minimum Gasteiger partial charge on any atom is -0.396 e. The molecule has 0 aromatic rings. The normalized spacial score (nSPS) is 31.2. The third-order valence-electron chi connectivity index (χ3n) is 7.04. The summed E-state index contributed by atoms with van der Waals surface area (Å²) in [5, 5.41) is 14.9. The Labute approximate surface area is 185 Å². The Bertz CT molecular complexity index is 657. The molecule has 2 unspecified atom stereocenters. The molecule has 3 heterocycles. The van der Waals surface area contributed by atoms with E-state index >= 15 is 0 Å². The Hall–Kier alpha value is -1.67. The molecule has 3 saturated heterocycles. The van der Waals surface area contributed by atoms with Crippen molar-refractivity contribution in [1.29, 1.82) is 0 Å². The minimum absolute atomic E-state index is 0.114. The summed E-state index contributed by atoms with van der Waals surface area (Å²) in [6.45, 7) is 5.86. The third-order valence-corrected chi connectivity index (χ3v) is 7.04. The Kier molecular flexibility index (Phi) is 8.33. The Morgan fingerprint density at radius 3 is 2.52 bits per heavy atom. The highest BCUT2D eigenvalue weighted by Gasteiger charge is 2.74. The number of carbonyl (C=O) groups excluding carboxylic acids is 3. The topological polar surface area (TPSA) is 108 Å². The fourth-order valence-corrected chi connectivity index (χ4v) is 5.59. The van der Waals surface area contributed by atoms with Crippen LogP contribution in [0.5, 0.6) is 0 Å². The number of amides is 3. The largest absolute Gasteiger partial charge is 0.396 e. The van der Waals surface area contributed by atoms with E-state index in [9.17, 15) is 14.4 Å². The van der Waals surface area contributed by atoms with Crippen LogP contribution in [0.3, 0.4) is 0 Å². The molecule has 3 aliphatic rings. The zero-order valence-electron chi connectivity index (χ0n) is 19.0. The lowest BCUT2D eigenvalue weighted by Crippen LogP contribution is -2.55. The monoisotopic (exact) mass is 437 g/mol. The first-order chi connectivity index (χ1) is 15.0. The van der Waals surface area contributed by atoms with Crippen LogP contribution in [0.15, 0.2) is 0 Å². The number of nitrogens with zero attached hydrogens (tertiary/aromatic N) is 1. The van der Waals surface area contributed by atoms with Gasteiger partial charge in [0.05, 0.1) is 17.9 Å². The number of fused-ring (bicyclic) bond motifs is 1. The molecule has 3 N–H and O–H groups in total. The fraction of sp³-hybridized carbons (Fsp3) is 0.870. The van der Waals surface area contributed by atoms with Crippen LogP contribution in [-0.2, 0) is 19.1 Å². The van der Waals surface area contributed by atoms with E-state index in [1.54, 1.807) is 4.90 Å². The number of aliphatic hydroxyl groups is 1. The predicted octanol–water partition coefficient (Wildman–Crippen LogP) is 1.36. The molecule has 1 spiro atoms. The zero-order valence-corrected chi connectivity index (χ0v) is 19.0. The first kappa shape index (κ1) is 24.0. The number of likely N-dealkylation sites (tertiary alicyclic amines) is 1. The van der Waals surface area contributed by atoms with Crippen molar-refractivity contribution in [2.24, 2.45) is 11.8 Å². The van der Waals surface area contributed by atoms with Gasteiger partial charge in [0.15, 0.2) is 0 Å². The number of unbranched alkanes of at least 4 members (excludes halogenated alkanes) is 4. The van der Waals surface area contributed by atoms with Gasteiger partial charge in [-0.3, -0.25) is 14.4 Å². The summed E-state index contributed by atoms with van der Waals surface area (Å²) in [6, 6.07) is -0.673. The van der Waals surface area contributed by atoms with Gasteiger partial charge in [-0.25, -0.2) is 0 Å². The molecular weight excluding hydrogens is 398 g/mol. The summed E-state index contributed by atoms with van der Waals surface area (Å²) >= 11 is 0. The molecule has 3 aliphatic heterocycles. The van der Waals surface area contributed by atoms with Crippen LogP contribution >= 0.6 is 0 Å². The van der Waals surface area contributed by atoms with Gasteiger partial charge in [-0.15, -0.1) is 0 Å². The van der Waals surface area contributed by atoms with E-state index in [4.69, 9.17) is 9.84 Å². The second-order valence-corrected chi connectivity index (χ2v) is 9.16. The van der Waals surface area contributed by atoms with Crippen molar-refractivity contribution in [2.45, 2.75) is 89.4 Å². The number of hydrogen-bond acceptors (Lipinski definition) is 5. The maximum absolute atomic E-state index is 13.6. The molecule has 8 heteroatoms. The zero-order chi connectivity index (χ0) is 22.4. The maximum atomic E-state index is 13.6. The lowest BCUT2D eigenvalue weighted by atomic mass is 9.70. The summed E-state index contributed by atoms with van der Waals surface area (Å²) < 4.78 is 6.37. The molecule has 3 rings (SSSR count). The molecule has 3 fully saturated rings. The standard InChI is InChI=1S/C23H39N3O5/c1-3-5-13-25-21(29)19-23-11-10-16(31-23)17(20(28)24-12-4-2)18(23)22(30)26(19)14-8-6-7-9-15-27/h16-19,27H,3-15H2,1-2H3,(H,24,28)(H,25,29)/t16-,17+,18-,19?,23?/m0/s1. The summed E-state index contributed by atoms with van der Waals surface area (Å²) in [5.41, 5.74) is -0.892. The summed E-state index contributed by atoms with van der Waals surface area (Å²) in [5.74, 6) is -1.49. The number of ether oxygens (including phenoxy) is 1. The van der Waals surface area contributed by atoms with Gasteiger partial charge in [-0.2, -0.15) is 0 Å². The average molecular weight is 438 g/mol. The SMILES string of the molecule is CCCCNC(=O)C1N(CCCCCCO)C(=O)[C@@H]2[C@H](C(=O)NCCC)[C@@H]3CCC12O3. The van der Waals surface area contributed by atoms with Gasteiger partial charge in [0.2, 0.25) is 17.7 Å². The average Bonchev–Trinajstić information content (AvgIpc) is 3.39.